The maximum absolute atomic E-state index is 12.6. The van der Waals surface area contributed by atoms with E-state index in [1.165, 1.54) is 0 Å². The molecule has 0 saturated carbocycles. The zero-order chi connectivity index (χ0) is 16.0. The first kappa shape index (κ1) is 17.4. The Kier molecular flexibility index (Phi) is 4.35. The van der Waals surface area contributed by atoms with E-state index in [1.54, 1.807) is 0 Å². The molecule has 20 heavy (non-hydrogen) atoms. The van der Waals surface area contributed by atoms with Gasteiger partial charge in [-0.1, -0.05) is 0 Å². The molecular weight excluding hydrogens is 250 g/mol. The van der Waals surface area contributed by atoms with Crippen LogP contribution in [0.2, 0.25) is 0 Å². The van der Waals surface area contributed by atoms with Gasteiger partial charge in [-0.25, -0.2) is 0 Å². The minimum atomic E-state index is -0.528. The first-order valence-corrected chi connectivity index (χ1v) is 7.53. The second-order valence-corrected chi connectivity index (χ2v) is 8.98. The van der Waals surface area contributed by atoms with E-state index in [4.69, 9.17) is 0 Å². The number of piperazine rings is 1. The average Bonchev–Trinajstić information content (AvgIpc) is 2.18. The van der Waals surface area contributed by atoms with Gasteiger partial charge in [0.2, 0.25) is 5.91 Å². The van der Waals surface area contributed by atoms with Crippen LogP contribution in [0.25, 0.3) is 0 Å². The number of nitrogens with one attached hydrogen (secondary N) is 2. The first-order valence-electron chi connectivity index (χ1n) is 7.53. The van der Waals surface area contributed by atoms with Crippen LogP contribution in [-0.2, 0) is 4.79 Å². The Bertz CT molecular complexity index is 376. The average molecular weight is 283 g/mol. The van der Waals surface area contributed by atoms with E-state index < -0.39 is 5.54 Å². The molecule has 0 aliphatic carbocycles. The molecule has 1 fully saturated rings. The van der Waals surface area contributed by atoms with Crippen molar-refractivity contribution in [2.45, 2.75) is 84.5 Å². The van der Waals surface area contributed by atoms with E-state index in [9.17, 15) is 4.79 Å². The van der Waals surface area contributed by atoms with Gasteiger partial charge in [-0.05, 0) is 62.3 Å². The molecule has 0 aromatic rings. The van der Waals surface area contributed by atoms with Crippen LogP contribution in [0.4, 0.5) is 0 Å². The van der Waals surface area contributed by atoms with Crippen LogP contribution < -0.4 is 10.6 Å². The van der Waals surface area contributed by atoms with Crippen molar-refractivity contribution in [1.82, 2.24) is 15.5 Å². The standard InChI is InChI=1S/C16H33N3O/c1-13(2,3)17-10-16(9)11-19(14(4,5)6)12(20)15(7,8)18-16/h17-18H,10-11H2,1-9H3. The molecule has 0 aromatic carbocycles. The SMILES string of the molecule is CC(C)(C)NCC1(C)CN(C(C)(C)C)C(=O)C(C)(C)N1. The Morgan fingerprint density at radius 3 is 2.05 bits per heavy atom. The Balaban J connectivity index is 2.97. The van der Waals surface area contributed by atoms with Crippen LogP contribution in [0, 0.1) is 0 Å². The second kappa shape index (κ2) is 4.99. The van der Waals surface area contributed by atoms with Crippen LogP contribution in [0.5, 0.6) is 0 Å². The topological polar surface area (TPSA) is 44.4 Å². The molecule has 4 heteroatoms. The summed E-state index contributed by atoms with van der Waals surface area (Å²) in [5, 5.41) is 7.10. The smallest absolute Gasteiger partial charge is 0.242 e. The molecule has 4 nitrogen and oxygen atoms in total. The Labute approximate surface area is 124 Å². The minimum absolute atomic E-state index is 0.0723. The summed E-state index contributed by atoms with van der Waals surface area (Å²) >= 11 is 0. The molecule has 1 saturated heterocycles. The highest BCUT2D eigenvalue weighted by atomic mass is 16.2. The van der Waals surface area contributed by atoms with Crippen molar-refractivity contribution >= 4 is 5.91 Å². The van der Waals surface area contributed by atoms with Crippen molar-refractivity contribution < 1.29 is 4.79 Å². The highest BCUT2D eigenvalue weighted by Crippen LogP contribution is 2.28. The maximum Gasteiger partial charge on any atom is 0.242 e. The lowest BCUT2D eigenvalue weighted by atomic mass is 9.85. The van der Waals surface area contributed by atoms with E-state index >= 15 is 0 Å². The summed E-state index contributed by atoms with van der Waals surface area (Å²) in [6.45, 7) is 20.5. The van der Waals surface area contributed by atoms with E-state index in [0.717, 1.165) is 13.1 Å². The molecule has 1 aliphatic rings. The van der Waals surface area contributed by atoms with E-state index in [1.807, 2.05) is 18.7 Å². The van der Waals surface area contributed by atoms with Crippen LogP contribution in [-0.4, -0.2) is 46.1 Å². The van der Waals surface area contributed by atoms with Gasteiger partial charge < -0.3 is 10.2 Å². The maximum atomic E-state index is 12.6. The van der Waals surface area contributed by atoms with Gasteiger partial charge in [0.15, 0.2) is 0 Å². The lowest BCUT2D eigenvalue weighted by Crippen LogP contribution is -2.75. The number of carbonyl (C=O) groups is 1. The van der Waals surface area contributed by atoms with Crippen molar-refractivity contribution in [3.8, 4) is 0 Å². The monoisotopic (exact) mass is 283 g/mol. The van der Waals surface area contributed by atoms with Crippen molar-refractivity contribution in [2.75, 3.05) is 13.1 Å². The molecule has 1 aliphatic heterocycles. The number of nitrogens with zero attached hydrogens (tertiary/aromatic N) is 1. The van der Waals surface area contributed by atoms with Crippen molar-refractivity contribution in [3.05, 3.63) is 0 Å². The summed E-state index contributed by atoms with van der Waals surface area (Å²) in [5.41, 5.74) is -0.736. The van der Waals surface area contributed by atoms with Gasteiger partial charge in [0.25, 0.3) is 0 Å². The van der Waals surface area contributed by atoms with Crippen molar-refractivity contribution in [2.24, 2.45) is 0 Å². The molecule has 0 spiro atoms. The molecule has 0 aromatic heterocycles. The van der Waals surface area contributed by atoms with Crippen LogP contribution in [0.1, 0.15) is 62.3 Å². The fourth-order valence-corrected chi connectivity index (χ4v) is 2.71. The first-order chi connectivity index (χ1) is 8.66. The van der Waals surface area contributed by atoms with Gasteiger partial charge in [-0.3, -0.25) is 10.1 Å². The summed E-state index contributed by atoms with van der Waals surface area (Å²) in [6, 6.07) is 0. The second-order valence-electron chi connectivity index (χ2n) is 8.98. The summed E-state index contributed by atoms with van der Waals surface area (Å²) in [4.78, 5) is 14.6. The van der Waals surface area contributed by atoms with Gasteiger partial charge >= 0.3 is 0 Å². The molecule has 1 atom stereocenters. The Morgan fingerprint density at radius 2 is 1.65 bits per heavy atom. The molecule has 118 valence electrons. The van der Waals surface area contributed by atoms with Crippen LogP contribution in [0.15, 0.2) is 0 Å². The zero-order valence-electron chi connectivity index (χ0n) is 14.8. The normalized spacial score (nSPS) is 27.9. The molecule has 0 radical (unpaired) electrons. The van der Waals surface area contributed by atoms with E-state index in [2.05, 4.69) is 59.1 Å². The zero-order valence-corrected chi connectivity index (χ0v) is 14.8. The third-order valence-electron chi connectivity index (χ3n) is 3.72. The quantitative estimate of drug-likeness (QED) is 0.816. The predicted octanol–water partition coefficient (Wildman–Crippen LogP) is 2.14. The molecule has 1 rings (SSSR count). The van der Waals surface area contributed by atoms with Crippen LogP contribution >= 0.6 is 0 Å². The van der Waals surface area contributed by atoms with E-state index in [-0.39, 0.29) is 22.5 Å². The van der Waals surface area contributed by atoms with Crippen molar-refractivity contribution in [3.63, 3.8) is 0 Å². The third-order valence-corrected chi connectivity index (χ3v) is 3.72. The molecule has 2 N–H and O–H groups in total. The number of rotatable bonds is 2. The summed E-state index contributed by atoms with van der Waals surface area (Å²) in [7, 11) is 0. The molecule has 1 heterocycles. The van der Waals surface area contributed by atoms with Crippen molar-refractivity contribution in [1.29, 1.82) is 0 Å². The molecule has 1 amide bonds. The number of carbonyl (C=O) groups excluding carboxylic acids is 1. The minimum Gasteiger partial charge on any atom is -0.334 e. The lowest BCUT2D eigenvalue weighted by Gasteiger charge is -2.53. The molecule has 0 bridgehead atoms. The summed E-state index contributed by atoms with van der Waals surface area (Å²) in [5.74, 6) is 0.179. The van der Waals surface area contributed by atoms with Gasteiger partial charge in [-0.15, -0.1) is 0 Å². The Morgan fingerprint density at radius 1 is 1.15 bits per heavy atom. The fourth-order valence-electron chi connectivity index (χ4n) is 2.71. The highest BCUT2D eigenvalue weighted by molar-refractivity contribution is 5.87. The third kappa shape index (κ3) is 4.19. The summed E-state index contributed by atoms with van der Waals surface area (Å²) in [6.07, 6.45) is 0. The van der Waals surface area contributed by atoms with Gasteiger partial charge in [-0.2, -0.15) is 0 Å². The fraction of sp³-hybridized carbons (Fsp3) is 0.938. The number of hydrogen-bond acceptors (Lipinski definition) is 3. The van der Waals surface area contributed by atoms with Gasteiger partial charge in [0, 0.05) is 29.7 Å². The Hall–Kier alpha value is -0.610. The number of amides is 1. The number of hydrogen-bond donors (Lipinski definition) is 2. The molecule has 1 unspecified atom stereocenters. The highest BCUT2D eigenvalue weighted by Gasteiger charge is 2.48. The summed E-state index contributed by atoms with van der Waals surface area (Å²) < 4.78 is 0. The lowest BCUT2D eigenvalue weighted by molar-refractivity contribution is -0.150. The van der Waals surface area contributed by atoms with Gasteiger partial charge in [0.05, 0.1) is 5.54 Å². The predicted molar refractivity (Wildman–Crippen MR) is 84.8 cm³/mol. The van der Waals surface area contributed by atoms with Crippen LogP contribution in [0.3, 0.4) is 0 Å². The van der Waals surface area contributed by atoms with E-state index in [0.29, 0.717) is 0 Å². The van der Waals surface area contributed by atoms with Gasteiger partial charge in [0.1, 0.15) is 0 Å². The molecular formula is C16H33N3O. The largest absolute Gasteiger partial charge is 0.334 e.